The first-order chi connectivity index (χ1) is 9.60. The number of rotatable bonds is 5. The number of carbonyl (C=O) groups excluding carboxylic acids is 1. The molecule has 0 radical (unpaired) electrons. The van der Waals surface area contributed by atoms with Crippen molar-refractivity contribution in [3.63, 3.8) is 0 Å². The fourth-order valence-electron chi connectivity index (χ4n) is 2.01. The highest BCUT2D eigenvalue weighted by Gasteiger charge is 2.32. The van der Waals surface area contributed by atoms with Crippen LogP contribution in [0.15, 0.2) is 24.3 Å². The summed E-state index contributed by atoms with van der Waals surface area (Å²) in [5, 5.41) is 18.8. The number of β-amino-alcohol motifs (C(OH)–C–C–N with tert-alkyl or cyclic N) is 2. The molecule has 1 aromatic rings. The van der Waals surface area contributed by atoms with Gasteiger partial charge in [-0.3, -0.25) is 4.79 Å². The number of likely N-dealkylation sites (tertiary alicyclic amines) is 1. The molecule has 0 bridgehead atoms. The monoisotopic (exact) mass is 281 g/mol. The first-order valence-electron chi connectivity index (χ1n) is 6.59. The van der Waals surface area contributed by atoms with Crippen LogP contribution < -0.4 is 9.47 Å². The quantitative estimate of drug-likeness (QED) is 0.796. The van der Waals surface area contributed by atoms with Gasteiger partial charge in [0.1, 0.15) is 11.5 Å². The van der Waals surface area contributed by atoms with Gasteiger partial charge in [0.2, 0.25) is 0 Å². The van der Waals surface area contributed by atoms with Crippen molar-refractivity contribution in [1.29, 1.82) is 0 Å². The van der Waals surface area contributed by atoms with Crippen molar-refractivity contribution in [3.8, 4) is 11.5 Å². The lowest BCUT2D eigenvalue weighted by Gasteiger charge is -2.15. The predicted octanol–water partition coefficient (Wildman–Crippen LogP) is 0.0281. The summed E-state index contributed by atoms with van der Waals surface area (Å²) in [7, 11) is 0. The van der Waals surface area contributed by atoms with Gasteiger partial charge in [0.15, 0.2) is 6.61 Å². The van der Waals surface area contributed by atoms with Crippen molar-refractivity contribution < 1.29 is 24.5 Å². The predicted molar refractivity (Wildman–Crippen MR) is 71.7 cm³/mol. The highest BCUT2D eigenvalue weighted by atomic mass is 16.5. The number of amides is 1. The van der Waals surface area contributed by atoms with Crippen LogP contribution in [-0.4, -0.2) is 59.5 Å². The zero-order valence-corrected chi connectivity index (χ0v) is 11.4. The summed E-state index contributed by atoms with van der Waals surface area (Å²) < 4.78 is 10.7. The Morgan fingerprint density at radius 1 is 1.15 bits per heavy atom. The highest BCUT2D eigenvalue weighted by molar-refractivity contribution is 5.78. The maximum atomic E-state index is 11.8. The van der Waals surface area contributed by atoms with Crippen LogP contribution in [0.25, 0.3) is 0 Å². The number of benzene rings is 1. The maximum Gasteiger partial charge on any atom is 0.260 e. The molecular weight excluding hydrogens is 262 g/mol. The van der Waals surface area contributed by atoms with Gasteiger partial charge in [0.25, 0.3) is 5.91 Å². The molecular formula is C14H19NO5. The van der Waals surface area contributed by atoms with Gasteiger partial charge in [-0.15, -0.1) is 0 Å². The zero-order valence-electron chi connectivity index (χ0n) is 11.4. The highest BCUT2D eigenvalue weighted by Crippen LogP contribution is 2.18. The molecule has 0 aromatic heterocycles. The van der Waals surface area contributed by atoms with Gasteiger partial charge < -0.3 is 24.6 Å². The molecule has 1 aliphatic rings. The largest absolute Gasteiger partial charge is 0.494 e. The van der Waals surface area contributed by atoms with E-state index in [0.29, 0.717) is 12.4 Å². The minimum atomic E-state index is -0.871. The molecule has 110 valence electrons. The van der Waals surface area contributed by atoms with Gasteiger partial charge in [-0.2, -0.15) is 0 Å². The van der Waals surface area contributed by atoms with Crippen LogP contribution in [-0.2, 0) is 4.79 Å². The van der Waals surface area contributed by atoms with Gasteiger partial charge in [0, 0.05) is 13.1 Å². The van der Waals surface area contributed by atoms with Crippen molar-refractivity contribution >= 4 is 5.91 Å². The van der Waals surface area contributed by atoms with E-state index in [-0.39, 0.29) is 25.6 Å². The summed E-state index contributed by atoms with van der Waals surface area (Å²) in [4.78, 5) is 13.2. The van der Waals surface area contributed by atoms with E-state index in [4.69, 9.17) is 9.47 Å². The minimum absolute atomic E-state index is 0.118. The molecule has 20 heavy (non-hydrogen) atoms. The van der Waals surface area contributed by atoms with Gasteiger partial charge in [0.05, 0.1) is 18.8 Å². The third-order valence-corrected chi connectivity index (χ3v) is 3.11. The number of aliphatic hydroxyl groups is 2. The Morgan fingerprint density at radius 2 is 1.65 bits per heavy atom. The molecule has 6 nitrogen and oxygen atoms in total. The van der Waals surface area contributed by atoms with Gasteiger partial charge in [-0.1, -0.05) is 0 Å². The fourth-order valence-corrected chi connectivity index (χ4v) is 2.01. The molecule has 1 heterocycles. The van der Waals surface area contributed by atoms with Gasteiger partial charge in [-0.25, -0.2) is 0 Å². The van der Waals surface area contributed by atoms with Crippen molar-refractivity contribution in [2.75, 3.05) is 26.3 Å². The Hall–Kier alpha value is -1.79. The average molecular weight is 281 g/mol. The molecule has 0 aliphatic carbocycles. The fraction of sp³-hybridized carbons (Fsp3) is 0.500. The van der Waals surface area contributed by atoms with Crippen LogP contribution in [0.1, 0.15) is 6.92 Å². The Balaban J connectivity index is 1.81. The van der Waals surface area contributed by atoms with Crippen molar-refractivity contribution in [3.05, 3.63) is 24.3 Å². The van der Waals surface area contributed by atoms with Gasteiger partial charge >= 0.3 is 0 Å². The van der Waals surface area contributed by atoms with Crippen LogP contribution in [0.4, 0.5) is 0 Å². The standard InChI is InChI=1S/C14H19NO5/c1-2-19-10-3-5-11(6-4-10)20-9-14(18)15-7-12(16)13(17)8-15/h3-6,12-13,16-17H,2,7-9H2,1H3. The molecule has 6 heteroatoms. The molecule has 2 N–H and O–H groups in total. The normalized spacial score (nSPS) is 21.9. The van der Waals surface area contributed by atoms with E-state index in [2.05, 4.69) is 0 Å². The van der Waals surface area contributed by atoms with Crippen LogP contribution in [0.5, 0.6) is 11.5 Å². The van der Waals surface area contributed by atoms with Crippen LogP contribution in [0, 0.1) is 0 Å². The summed E-state index contributed by atoms with van der Waals surface area (Å²) in [6.45, 7) is 2.67. The molecule has 2 rings (SSSR count). The summed E-state index contributed by atoms with van der Waals surface area (Å²) in [6, 6.07) is 7.00. The number of carbonyl (C=O) groups is 1. The smallest absolute Gasteiger partial charge is 0.260 e. The van der Waals surface area contributed by atoms with E-state index in [9.17, 15) is 15.0 Å². The van der Waals surface area contributed by atoms with Crippen LogP contribution >= 0.6 is 0 Å². The maximum absolute atomic E-state index is 11.8. The Bertz CT molecular complexity index is 437. The van der Waals surface area contributed by atoms with Crippen LogP contribution in [0.2, 0.25) is 0 Å². The summed E-state index contributed by atoms with van der Waals surface area (Å²) in [5.74, 6) is 1.06. The molecule has 0 saturated carbocycles. The third-order valence-electron chi connectivity index (χ3n) is 3.11. The number of nitrogens with zero attached hydrogens (tertiary/aromatic N) is 1. The van der Waals surface area contributed by atoms with E-state index in [1.54, 1.807) is 24.3 Å². The first kappa shape index (κ1) is 14.6. The van der Waals surface area contributed by atoms with Crippen molar-refractivity contribution in [1.82, 2.24) is 4.90 Å². The Labute approximate surface area is 117 Å². The second-order valence-electron chi connectivity index (χ2n) is 4.63. The first-order valence-corrected chi connectivity index (χ1v) is 6.59. The molecule has 0 spiro atoms. The summed E-state index contributed by atoms with van der Waals surface area (Å²) in [6.07, 6.45) is -1.74. The van der Waals surface area contributed by atoms with Gasteiger partial charge in [-0.05, 0) is 31.2 Å². The Kier molecular flexibility index (Phi) is 4.81. The SMILES string of the molecule is CCOc1ccc(OCC(=O)N2CC(O)C(O)C2)cc1. The molecule has 2 unspecified atom stereocenters. The second-order valence-corrected chi connectivity index (χ2v) is 4.63. The molecule has 2 atom stereocenters. The number of aliphatic hydroxyl groups excluding tert-OH is 2. The number of hydrogen-bond donors (Lipinski definition) is 2. The summed E-state index contributed by atoms with van der Waals surface area (Å²) >= 11 is 0. The molecule has 1 amide bonds. The number of hydrogen-bond acceptors (Lipinski definition) is 5. The Morgan fingerprint density at radius 3 is 2.15 bits per heavy atom. The molecule has 1 fully saturated rings. The topological polar surface area (TPSA) is 79.2 Å². The van der Waals surface area contributed by atoms with Crippen LogP contribution in [0.3, 0.4) is 0 Å². The van der Waals surface area contributed by atoms with E-state index in [1.165, 1.54) is 4.90 Å². The molecule has 1 aliphatic heterocycles. The second kappa shape index (κ2) is 6.58. The third kappa shape index (κ3) is 3.61. The van der Waals surface area contributed by atoms with E-state index in [1.807, 2.05) is 6.92 Å². The zero-order chi connectivity index (χ0) is 14.5. The summed E-state index contributed by atoms with van der Waals surface area (Å²) in [5.41, 5.74) is 0. The average Bonchev–Trinajstić information content (AvgIpc) is 2.78. The lowest BCUT2D eigenvalue weighted by molar-refractivity contribution is -0.132. The van der Waals surface area contributed by atoms with E-state index in [0.717, 1.165) is 5.75 Å². The van der Waals surface area contributed by atoms with Crippen molar-refractivity contribution in [2.45, 2.75) is 19.1 Å². The van der Waals surface area contributed by atoms with E-state index < -0.39 is 12.2 Å². The molecule has 1 aromatic carbocycles. The molecule has 1 saturated heterocycles. The lowest BCUT2D eigenvalue weighted by atomic mass is 10.3. The van der Waals surface area contributed by atoms with E-state index >= 15 is 0 Å². The lowest BCUT2D eigenvalue weighted by Crippen LogP contribution is -2.33. The number of ether oxygens (including phenoxy) is 2. The minimum Gasteiger partial charge on any atom is -0.494 e. The van der Waals surface area contributed by atoms with Crippen molar-refractivity contribution in [2.24, 2.45) is 0 Å².